The summed E-state index contributed by atoms with van der Waals surface area (Å²) in [5.74, 6) is -0.441. The molecule has 1 rings (SSSR count). The fourth-order valence-corrected chi connectivity index (χ4v) is 1.31. The minimum Gasteiger partial charge on any atom is -0.465 e. The second kappa shape index (κ2) is 6.04. The Labute approximate surface area is 107 Å². The Morgan fingerprint density at radius 3 is 2.44 bits per heavy atom. The number of carbonyl (C=O) groups excluding carboxylic acids is 2. The van der Waals surface area contributed by atoms with Crippen LogP contribution < -0.4 is 0 Å². The molecule has 1 unspecified atom stereocenters. The molecule has 0 N–H and O–H groups in total. The third-order valence-corrected chi connectivity index (χ3v) is 2.10. The molecule has 104 valence electrons. The number of epoxide rings is 1. The van der Waals surface area contributed by atoms with Gasteiger partial charge in [0.15, 0.2) is 0 Å². The summed E-state index contributed by atoms with van der Waals surface area (Å²) >= 11 is 0. The van der Waals surface area contributed by atoms with E-state index in [0.29, 0.717) is 19.8 Å². The summed E-state index contributed by atoms with van der Waals surface area (Å²) in [6.07, 6.45) is -0.516. The lowest BCUT2D eigenvalue weighted by Gasteiger charge is -2.26. The van der Waals surface area contributed by atoms with Crippen LogP contribution in [0.1, 0.15) is 27.7 Å². The Balaban J connectivity index is 2.53. The van der Waals surface area contributed by atoms with Crippen LogP contribution in [0.2, 0.25) is 0 Å². The molecule has 1 saturated heterocycles. The van der Waals surface area contributed by atoms with E-state index in [1.807, 2.05) is 0 Å². The average Bonchev–Trinajstić information content (AvgIpc) is 2.98. The number of carbonyl (C=O) groups is 2. The largest absolute Gasteiger partial charge is 0.465 e. The number of nitrogens with zero attached hydrogens (tertiary/aromatic N) is 1. The Kier molecular flexibility index (Phi) is 4.95. The van der Waals surface area contributed by atoms with E-state index in [4.69, 9.17) is 14.2 Å². The van der Waals surface area contributed by atoms with Crippen molar-refractivity contribution < 1.29 is 23.8 Å². The zero-order valence-electron chi connectivity index (χ0n) is 11.4. The van der Waals surface area contributed by atoms with Crippen LogP contribution in [0, 0.1) is 0 Å². The van der Waals surface area contributed by atoms with Gasteiger partial charge in [-0.25, -0.2) is 4.79 Å². The molecule has 0 aromatic heterocycles. The first-order valence-corrected chi connectivity index (χ1v) is 6.07. The molecule has 0 radical (unpaired) electrons. The standard InChI is InChI=1S/C12H21NO5/c1-5-16-10(14)7-13(6-9-8-17-9)11(15)18-12(2,3)4/h9H,5-8H2,1-4H3. The van der Waals surface area contributed by atoms with Crippen LogP contribution in [0.3, 0.4) is 0 Å². The predicted octanol–water partition coefficient (Wildman–Crippen LogP) is 1.19. The molecule has 0 spiro atoms. The van der Waals surface area contributed by atoms with Gasteiger partial charge >= 0.3 is 12.1 Å². The summed E-state index contributed by atoms with van der Waals surface area (Å²) in [6.45, 7) is 8.21. The van der Waals surface area contributed by atoms with Crippen molar-refractivity contribution in [2.24, 2.45) is 0 Å². The van der Waals surface area contributed by atoms with Crippen molar-refractivity contribution in [3.8, 4) is 0 Å². The summed E-state index contributed by atoms with van der Waals surface area (Å²) in [4.78, 5) is 24.6. The van der Waals surface area contributed by atoms with Crippen molar-refractivity contribution in [1.29, 1.82) is 0 Å². The summed E-state index contributed by atoms with van der Waals surface area (Å²) in [5, 5.41) is 0. The van der Waals surface area contributed by atoms with Gasteiger partial charge in [0.05, 0.1) is 25.9 Å². The van der Waals surface area contributed by atoms with E-state index in [-0.39, 0.29) is 12.6 Å². The van der Waals surface area contributed by atoms with E-state index in [0.717, 1.165) is 0 Å². The van der Waals surface area contributed by atoms with Crippen molar-refractivity contribution in [2.45, 2.75) is 39.4 Å². The van der Waals surface area contributed by atoms with Gasteiger partial charge in [-0.05, 0) is 27.7 Å². The number of rotatable bonds is 5. The number of hydrogen-bond donors (Lipinski definition) is 0. The zero-order chi connectivity index (χ0) is 13.8. The molecule has 1 heterocycles. The predicted molar refractivity (Wildman–Crippen MR) is 64.2 cm³/mol. The number of hydrogen-bond acceptors (Lipinski definition) is 5. The van der Waals surface area contributed by atoms with Gasteiger partial charge in [-0.3, -0.25) is 9.69 Å². The molecule has 0 aromatic carbocycles. The maximum absolute atomic E-state index is 11.9. The molecule has 1 aliphatic heterocycles. The SMILES string of the molecule is CCOC(=O)CN(CC1CO1)C(=O)OC(C)(C)C. The molecule has 18 heavy (non-hydrogen) atoms. The van der Waals surface area contributed by atoms with Crippen molar-refractivity contribution in [1.82, 2.24) is 4.90 Å². The van der Waals surface area contributed by atoms with Gasteiger partial charge < -0.3 is 14.2 Å². The second-order valence-electron chi connectivity index (χ2n) is 5.12. The minimum atomic E-state index is -0.589. The summed E-state index contributed by atoms with van der Waals surface area (Å²) < 4.78 is 15.1. The van der Waals surface area contributed by atoms with Crippen molar-refractivity contribution in [2.75, 3.05) is 26.3 Å². The van der Waals surface area contributed by atoms with Crippen LogP contribution in [0.4, 0.5) is 4.79 Å². The van der Waals surface area contributed by atoms with Gasteiger partial charge in [0.25, 0.3) is 0 Å². The van der Waals surface area contributed by atoms with Crippen LogP contribution >= 0.6 is 0 Å². The van der Waals surface area contributed by atoms with E-state index < -0.39 is 17.7 Å². The topological polar surface area (TPSA) is 68.4 Å². The molecule has 0 aromatic rings. The minimum absolute atomic E-state index is 0.00643. The number of amides is 1. The lowest BCUT2D eigenvalue weighted by Crippen LogP contribution is -2.42. The molecule has 1 fully saturated rings. The first kappa shape index (κ1) is 14.8. The Bertz CT molecular complexity index is 306. The fourth-order valence-electron chi connectivity index (χ4n) is 1.31. The molecular weight excluding hydrogens is 238 g/mol. The first-order chi connectivity index (χ1) is 8.31. The Morgan fingerprint density at radius 2 is 2.00 bits per heavy atom. The fraction of sp³-hybridized carbons (Fsp3) is 0.833. The zero-order valence-corrected chi connectivity index (χ0v) is 11.4. The molecule has 0 aliphatic carbocycles. The summed E-state index contributed by atoms with van der Waals surface area (Å²) in [7, 11) is 0. The third kappa shape index (κ3) is 5.86. The van der Waals surface area contributed by atoms with Gasteiger partial charge in [-0.1, -0.05) is 0 Å². The van der Waals surface area contributed by atoms with Crippen molar-refractivity contribution in [3.63, 3.8) is 0 Å². The van der Waals surface area contributed by atoms with Crippen molar-refractivity contribution in [3.05, 3.63) is 0 Å². The normalized spacial score (nSPS) is 18.1. The molecule has 0 saturated carbocycles. The van der Waals surface area contributed by atoms with Gasteiger partial charge in [-0.15, -0.1) is 0 Å². The maximum Gasteiger partial charge on any atom is 0.410 e. The summed E-state index contributed by atoms with van der Waals surface area (Å²) in [6, 6.07) is 0. The smallest absolute Gasteiger partial charge is 0.410 e. The molecular formula is C12H21NO5. The van der Waals surface area contributed by atoms with E-state index in [2.05, 4.69) is 0 Å². The van der Waals surface area contributed by atoms with Crippen LogP contribution in [0.5, 0.6) is 0 Å². The molecule has 1 aliphatic rings. The van der Waals surface area contributed by atoms with E-state index in [9.17, 15) is 9.59 Å². The molecule has 1 amide bonds. The van der Waals surface area contributed by atoms with Crippen LogP contribution in [0.25, 0.3) is 0 Å². The quantitative estimate of drug-likeness (QED) is 0.548. The van der Waals surface area contributed by atoms with E-state index >= 15 is 0 Å². The lowest BCUT2D eigenvalue weighted by atomic mass is 10.2. The molecule has 6 nitrogen and oxygen atoms in total. The summed E-state index contributed by atoms with van der Waals surface area (Å²) in [5.41, 5.74) is -0.589. The van der Waals surface area contributed by atoms with Gasteiger partial charge in [0, 0.05) is 0 Å². The van der Waals surface area contributed by atoms with Crippen LogP contribution in [-0.4, -0.2) is 55.0 Å². The first-order valence-electron chi connectivity index (χ1n) is 6.07. The Morgan fingerprint density at radius 1 is 1.39 bits per heavy atom. The third-order valence-electron chi connectivity index (χ3n) is 2.10. The van der Waals surface area contributed by atoms with E-state index in [1.54, 1.807) is 27.7 Å². The number of esters is 1. The lowest BCUT2D eigenvalue weighted by molar-refractivity contribution is -0.144. The van der Waals surface area contributed by atoms with E-state index in [1.165, 1.54) is 4.90 Å². The molecule has 1 atom stereocenters. The average molecular weight is 259 g/mol. The van der Waals surface area contributed by atoms with Crippen LogP contribution in [-0.2, 0) is 19.0 Å². The maximum atomic E-state index is 11.9. The van der Waals surface area contributed by atoms with Gasteiger partial charge in [0.1, 0.15) is 12.1 Å². The van der Waals surface area contributed by atoms with Gasteiger partial charge in [-0.2, -0.15) is 0 Å². The van der Waals surface area contributed by atoms with Crippen molar-refractivity contribution >= 4 is 12.1 Å². The highest BCUT2D eigenvalue weighted by Gasteiger charge is 2.31. The van der Waals surface area contributed by atoms with Crippen LogP contribution in [0.15, 0.2) is 0 Å². The highest BCUT2D eigenvalue weighted by Crippen LogP contribution is 2.15. The second-order valence-corrected chi connectivity index (χ2v) is 5.12. The highest BCUT2D eigenvalue weighted by molar-refractivity contribution is 5.78. The van der Waals surface area contributed by atoms with Gasteiger partial charge in [0.2, 0.25) is 0 Å². The number of ether oxygens (including phenoxy) is 3. The monoisotopic (exact) mass is 259 g/mol. The Hall–Kier alpha value is -1.30. The highest BCUT2D eigenvalue weighted by atomic mass is 16.6. The molecule has 6 heteroatoms. The molecule has 0 bridgehead atoms.